The van der Waals surface area contributed by atoms with E-state index >= 15 is 0 Å². The van der Waals surface area contributed by atoms with Crippen LogP contribution in [0.3, 0.4) is 0 Å². The lowest BCUT2D eigenvalue weighted by Gasteiger charge is -2.34. The van der Waals surface area contributed by atoms with Crippen molar-refractivity contribution >= 4 is 42.6 Å². The van der Waals surface area contributed by atoms with Crippen LogP contribution in [0.15, 0.2) is 78.1 Å². The van der Waals surface area contributed by atoms with Crippen LogP contribution in [0.4, 0.5) is 11.5 Å². The van der Waals surface area contributed by atoms with E-state index in [0.29, 0.717) is 43.2 Å². The van der Waals surface area contributed by atoms with Crippen molar-refractivity contribution in [3.05, 3.63) is 73.2 Å². The third-order valence-corrected chi connectivity index (χ3v) is 10.0. The summed E-state index contributed by atoms with van der Waals surface area (Å²) in [4.78, 5) is 15.8. The van der Waals surface area contributed by atoms with Crippen LogP contribution < -0.4 is 9.62 Å². The summed E-state index contributed by atoms with van der Waals surface area (Å²) in [6, 6.07) is 15.5. The minimum Gasteiger partial charge on any atom is -0.353 e. The first-order valence-electron chi connectivity index (χ1n) is 12.6. The first-order valence-corrected chi connectivity index (χ1v) is 15.7. The van der Waals surface area contributed by atoms with Gasteiger partial charge < -0.3 is 4.90 Å². The Kier molecular flexibility index (Phi) is 7.52. The van der Waals surface area contributed by atoms with Crippen LogP contribution in [0, 0.1) is 5.92 Å². The molecular formula is C27H30N6O4S2. The fourth-order valence-corrected chi connectivity index (χ4v) is 7.35. The molecule has 10 nitrogen and oxygen atoms in total. The Bertz CT molecular complexity index is 1690. The van der Waals surface area contributed by atoms with Gasteiger partial charge in [0.15, 0.2) is 0 Å². The predicted octanol–water partition coefficient (Wildman–Crippen LogP) is 3.60. The second-order valence-electron chi connectivity index (χ2n) is 9.87. The van der Waals surface area contributed by atoms with E-state index in [4.69, 9.17) is 4.98 Å². The molecule has 0 radical (unpaired) electrons. The monoisotopic (exact) mass is 566 g/mol. The van der Waals surface area contributed by atoms with Gasteiger partial charge in [-0.1, -0.05) is 38.1 Å². The van der Waals surface area contributed by atoms with E-state index in [9.17, 15) is 16.8 Å². The van der Waals surface area contributed by atoms with Crippen molar-refractivity contribution in [3.8, 4) is 11.1 Å². The number of sulfonamides is 2. The molecule has 1 N–H and O–H groups in total. The Morgan fingerprint density at radius 2 is 1.59 bits per heavy atom. The van der Waals surface area contributed by atoms with Gasteiger partial charge >= 0.3 is 0 Å². The number of piperazine rings is 1. The second-order valence-corrected chi connectivity index (χ2v) is 13.6. The summed E-state index contributed by atoms with van der Waals surface area (Å²) in [5.41, 5.74) is 3.28. The molecule has 3 heterocycles. The predicted molar refractivity (Wildman–Crippen MR) is 152 cm³/mol. The number of rotatable bonds is 8. The van der Waals surface area contributed by atoms with E-state index in [1.165, 1.54) is 18.3 Å². The van der Waals surface area contributed by atoms with Crippen molar-refractivity contribution in [2.24, 2.45) is 5.92 Å². The average molecular weight is 567 g/mol. The molecule has 1 saturated heterocycles. The smallest absolute Gasteiger partial charge is 0.261 e. The third-order valence-electron chi connectivity index (χ3n) is 6.41. The molecule has 0 spiro atoms. The molecule has 0 atom stereocenters. The molecule has 2 aromatic carbocycles. The van der Waals surface area contributed by atoms with Crippen molar-refractivity contribution in [2.75, 3.05) is 41.6 Å². The quantitative estimate of drug-likeness (QED) is 0.343. The molecule has 0 aliphatic carbocycles. The number of pyridine rings is 1. The van der Waals surface area contributed by atoms with Gasteiger partial charge in [-0.05, 0) is 41.8 Å². The molecule has 5 rings (SSSR count). The Morgan fingerprint density at radius 1 is 0.846 bits per heavy atom. The highest BCUT2D eigenvalue weighted by atomic mass is 32.2. The molecule has 39 heavy (non-hydrogen) atoms. The molecular weight excluding hydrogens is 536 g/mol. The molecule has 0 unspecified atom stereocenters. The van der Waals surface area contributed by atoms with E-state index in [1.54, 1.807) is 41.0 Å². The van der Waals surface area contributed by atoms with Crippen molar-refractivity contribution in [1.82, 2.24) is 19.3 Å². The van der Waals surface area contributed by atoms with Crippen LogP contribution in [0.5, 0.6) is 0 Å². The van der Waals surface area contributed by atoms with Crippen molar-refractivity contribution in [1.29, 1.82) is 0 Å². The first-order chi connectivity index (χ1) is 18.6. The van der Waals surface area contributed by atoms with E-state index in [1.807, 2.05) is 36.9 Å². The zero-order valence-corrected chi connectivity index (χ0v) is 23.4. The molecule has 2 aromatic heterocycles. The molecule has 0 amide bonds. The van der Waals surface area contributed by atoms with Gasteiger partial charge in [-0.3, -0.25) is 14.7 Å². The minimum atomic E-state index is -3.74. The third kappa shape index (κ3) is 6.18. The van der Waals surface area contributed by atoms with Crippen molar-refractivity contribution in [2.45, 2.75) is 18.7 Å². The fraction of sp³-hybridized carbons (Fsp3) is 0.296. The standard InChI is InChI=1S/C27H30N6O4S2/c1-20(2)19-38(34,35)33-12-10-32(11-13-33)27-18-29-25-9-8-21(15-26(25)30-27)22-14-23(17-28-16-22)31-39(36,37)24-6-4-3-5-7-24/h3-9,14-18,20,31H,10-13,19H2,1-2H3. The van der Waals surface area contributed by atoms with Crippen LogP contribution in [0.25, 0.3) is 22.2 Å². The lowest BCUT2D eigenvalue weighted by molar-refractivity contribution is 0.381. The Labute approximate surface area is 228 Å². The summed E-state index contributed by atoms with van der Waals surface area (Å²) in [7, 11) is -7.01. The van der Waals surface area contributed by atoms with Crippen molar-refractivity contribution < 1.29 is 16.8 Å². The van der Waals surface area contributed by atoms with Gasteiger partial charge in [-0.25, -0.2) is 21.8 Å². The summed E-state index contributed by atoms with van der Waals surface area (Å²) in [5, 5.41) is 0. The van der Waals surface area contributed by atoms with Gasteiger partial charge in [0.1, 0.15) is 5.82 Å². The van der Waals surface area contributed by atoms with E-state index in [2.05, 4.69) is 14.7 Å². The molecule has 1 fully saturated rings. The summed E-state index contributed by atoms with van der Waals surface area (Å²) in [5.74, 6) is 0.909. The molecule has 204 valence electrons. The molecule has 1 aliphatic heterocycles. The number of fused-ring (bicyclic) bond motifs is 1. The van der Waals surface area contributed by atoms with Gasteiger partial charge in [-0.15, -0.1) is 0 Å². The molecule has 1 aliphatic rings. The maximum atomic E-state index is 12.7. The maximum absolute atomic E-state index is 12.7. The fourth-order valence-electron chi connectivity index (χ4n) is 4.52. The number of nitrogens with zero attached hydrogens (tertiary/aromatic N) is 5. The summed E-state index contributed by atoms with van der Waals surface area (Å²) in [6.07, 6.45) is 4.83. The number of hydrogen-bond donors (Lipinski definition) is 1. The maximum Gasteiger partial charge on any atom is 0.261 e. The number of anilines is 2. The summed E-state index contributed by atoms with van der Waals surface area (Å²) < 4.78 is 54.8. The van der Waals surface area contributed by atoms with Gasteiger partial charge in [0.25, 0.3) is 10.0 Å². The average Bonchev–Trinajstić information content (AvgIpc) is 2.92. The zero-order chi connectivity index (χ0) is 27.6. The minimum absolute atomic E-state index is 0.0773. The van der Waals surface area contributed by atoms with E-state index in [0.717, 1.165) is 16.6 Å². The SMILES string of the molecule is CC(C)CS(=O)(=O)N1CCN(c2cnc3ccc(-c4cncc(NS(=O)(=O)c5ccccc5)c4)cc3n2)CC1. The molecule has 0 bridgehead atoms. The van der Waals surface area contributed by atoms with Crippen LogP contribution in [-0.2, 0) is 20.0 Å². The Morgan fingerprint density at radius 3 is 2.31 bits per heavy atom. The van der Waals surface area contributed by atoms with Crippen molar-refractivity contribution in [3.63, 3.8) is 0 Å². The summed E-state index contributed by atoms with van der Waals surface area (Å²) in [6.45, 7) is 5.69. The van der Waals surface area contributed by atoms with Gasteiger partial charge in [0, 0.05) is 37.9 Å². The van der Waals surface area contributed by atoms with Crippen LogP contribution >= 0.6 is 0 Å². The molecule has 4 aromatic rings. The van der Waals surface area contributed by atoms with Crippen LogP contribution in [0.1, 0.15) is 13.8 Å². The molecule has 0 saturated carbocycles. The largest absolute Gasteiger partial charge is 0.353 e. The molecule has 12 heteroatoms. The highest BCUT2D eigenvalue weighted by molar-refractivity contribution is 7.92. The van der Waals surface area contributed by atoms with Gasteiger partial charge in [0.05, 0.1) is 39.8 Å². The number of aromatic nitrogens is 3. The van der Waals surface area contributed by atoms with Crippen LogP contribution in [0.2, 0.25) is 0 Å². The van der Waals surface area contributed by atoms with Gasteiger partial charge in [0.2, 0.25) is 10.0 Å². The number of nitrogens with one attached hydrogen (secondary N) is 1. The van der Waals surface area contributed by atoms with E-state index in [-0.39, 0.29) is 16.6 Å². The lowest BCUT2D eigenvalue weighted by atomic mass is 10.1. The topological polar surface area (TPSA) is 125 Å². The van der Waals surface area contributed by atoms with Crippen LogP contribution in [-0.4, -0.2) is 68.0 Å². The Balaban J connectivity index is 1.35. The highest BCUT2D eigenvalue weighted by Crippen LogP contribution is 2.27. The Hall–Kier alpha value is -3.61. The van der Waals surface area contributed by atoms with E-state index < -0.39 is 20.0 Å². The normalized spacial score (nSPS) is 15.1. The highest BCUT2D eigenvalue weighted by Gasteiger charge is 2.28. The number of benzene rings is 2. The van der Waals surface area contributed by atoms with Gasteiger partial charge in [-0.2, -0.15) is 4.31 Å². The lowest BCUT2D eigenvalue weighted by Crippen LogP contribution is -2.49. The zero-order valence-electron chi connectivity index (χ0n) is 21.7. The summed E-state index contributed by atoms with van der Waals surface area (Å²) >= 11 is 0. The first kappa shape index (κ1) is 27.0. The number of hydrogen-bond acceptors (Lipinski definition) is 8. The second kappa shape index (κ2) is 10.9.